The van der Waals surface area contributed by atoms with Crippen LogP contribution in [0.15, 0.2) is 137 Å². The molecule has 7 rings (SSSR count). The van der Waals surface area contributed by atoms with Gasteiger partial charge < -0.3 is 55.2 Å². The van der Waals surface area contributed by atoms with Crippen molar-refractivity contribution in [2.45, 2.75) is 41.4 Å². The Morgan fingerprint density at radius 1 is 0.627 bits per heavy atom. The highest BCUT2D eigenvalue weighted by Gasteiger charge is 2.09. The molecule has 8 N–H and O–H groups in total. The maximum absolute atomic E-state index is 10.7. The number of amides is 1. The molecule has 2 radical (unpaired) electrons. The Morgan fingerprint density at radius 3 is 1.69 bits per heavy atom. The number of aromatic nitrogens is 1. The summed E-state index contributed by atoms with van der Waals surface area (Å²) in [4.78, 5) is 24.3. The summed E-state index contributed by atoms with van der Waals surface area (Å²) in [6.07, 6.45) is 0. The lowest BCUT2D eigenvalue weighted by Gasteiger charge is -2.09. The fourth-order valence-corrected chi connectivity index (χ4v) is 5.77. The minimum atomic E-state index is -0.0803. The van der Waals surface area contributed by atoms with Gasteiger partial charge in [-0.3, -0.25) is 9.79 Å². The fraction of sp³-hybridized carbons (Fsp3) is 0.275. The van der Waals surface area contributed by atoms with Crippen molar-refractivity contribution in [2.75, 3.05) is 81.6 Å². The number of carbonyl (C=O) groups is 1. The van der Waals surface area contributed by atoms with Gasteiger partial charge in [0.1, 0.15) is 28.5 Å². The average molecular weight is 915 g/mol. The number of nitrogens with one attached hydrogen (secondary N) is 4. The van der Waals surface area contributed by atoms with Gasteiger partial charge in [-0.15, -0.1) is 0 Å². The molecule has 0 saturated heterocycles. The summed E-state index contributed by atoms with van der Waals surface area (Å²) in [7, 11) is 11.0. The first-order chi connectivity index (χ1) is 32.5. The van der Waals surface area contributed by atoms with Crippen LogP contribution >= 0.6 is 0 Å². The van der Waals surface area contributed by atoms with Gasteiger partial charge in [-0.25, -0.2) is 4.98 Å². The molecule has 0 aromatic heterocycles. The molecular formula is C51H67BN8O7. The van der Waals surface area contributed by atoms with Crippen molar-refractivity contribution in [3.63, 3.8) is 0 Å². The molecule has 0 spiro atoms. The van der Waals surface area contributed by atoms with Gasteiger partial charge in [-0.2, -0.15) is 5.90 Å². The minimum absolute atomic E-state index is 0.0803. The number of methoxy groups -OCH3 is 4. The van der Waals surface area contributed by atoms with Crippen LogP contribution in [0.3, 0.4) is 0 Å². The summed E-state index contributed by atoms with van der Waals surface area (Å²) in [6.45, 7) is 14.6. The van der Waals surface area contributed by atoms with Crippen LogP contribution in [0, 0.1) is 0 Å². The van der Waals surface area contributed by atoms with E-state index in [1.54, 1.807) is 46.6 Å². The van der Waals surface area contributed by atoms with Crippen LogP contribution in [-0.2, 0) is 4.79 Å². The molecule has 0 saturated carbocycles. The third-order valence-corrected chi connectivity index (χ3v) is 8.69. The average Bonchev–Trinajstić information content (AvgIpc) is 3.35. The largest absolute Gasteiger partial charge is 0.497 e. The molecule has 16 heteroatoms. The summed E-state index contributed by atoms with van der Waals surface area (Å²) in [5, 5.41) is 13.2. The van der Waals surface area contributed by atoms with Crippen molar-refractivity contribution in [3.8, 4) is 40.2 Å². The van der Waals surface area contributed by atoms with Crippen molar-refractivity contribution in [1.29, 1.82) is 0 Å². The number of nitrogen functional groups attached to an aromatic ring is 1. The lowest BCUT2D eigenvalue weighted by atomic mass is 10.2. The topological polar surface area (TPSA) is 202 Å². The van der Waals surface area contributed by atoms with Crippen LogP contribution < -0.4 is 62.0 Å². The monoisotopic (exact) mass is 915 g/mol. The number of benzene rings is 6. The van der Waals surface area contributed by atoms with Crippen LogP contribution in [-0.4, -0.2) is 73.4 Å². The number of hydrogen-bond acceptors (Lipinski definition) is 14. The molecule has 356 valence electrons. The summed E-state index contributed by atoms with van der Waals surface area (Å²) >= 11 is 0. The van der Waals surface area contributed by atoms with Crippen LogP contribution in [0.5, 0.6) is 28.7 Å². The number of nitrogens with two attached hydrogens (primary N) is 2. The van der Waals surface area contributed by atoms with E-state index in [2.05, 4.69) is 57.8 Å². The molecule has 1 aliphatic heterocycles. The third kappa shape index (κ3) is 20.4. The molecule has 67 heavy (non-hydrogen) atoms. The predicted octanol–water partition coefficient (Wildman–Crippen LogP) is 9.93. The van der Waals surface area contributed by atoms with E-state index in [4.69, 9.17) is 35.0 Å². The van der Waals surface area contributed by atoms with Gasteiger partial charge >= 0.3 is 0 Å². The number of rotatable bonds is 13. The summed E-state index contributed by atoms with van der Waals surface area (Å²) in [5.74, 6) is 9.32. The summed E-state index contributed by atoms with van der Waals surface area (Å²) < 4.78 is 26.0. The van der Waals surface area contributed by atoms with Gasteiger partial charge in [-0.05, 0) is 100 Å². The Labute approximate surface area is 397 Å². The molecule has 1 amide bonds. The smallest absolute Gasteiger partial charge is 0.221 e. The summed E-state index contributed by atoms with van der Waals surface area (Å²) in [5.41, 5.74) is 12.6. The van der Waals surface area contributed by atoms with Crippen molar-refractivity contribution in [3.05, 3.63) is 133 Å². The van der Waals surface area contributed by atoms with Gasteiger partial charge in [0.15, 0.2) is 22.8 Å². The van der Waals surface area contributed by atoms with Crippen LogP contribution in [0.25, 0.3) is 22.6 Å². The number of hydrogen-bond donors (Lipinski definition) is 6. The highest BCUT2D eigenvalue weighted by Crippen LogP contribution is 2.29. The molecule has 1 aliphatic carbocycles. The van der Waals surface area contributed by atoms with E-state index in [0.717, 1.165) is 99.8 Å². The second-order valence-corrected chi connectivity index (χ2v) is 13.5. The highest BCUT2D eigenvalue weighted by molar-refractivity contribution is 6.05. The number of fused-ring (bicyclic) bond motifs is 2. The molecule has 0 bridgehead atoms. The Kier molecular flexibility index (Phi) is 26.6. The first kappa shape index (κ1) is 55.5. The molecular weight excluding hydrogens is 847 g/mol. The first-order valence-electron chi connectivity index (χ1n) is 21.7. The molecule has 5 aromatic carbocycles. The van der Waals surface area contributed by atoms with Crippen molar-refractivity contribution >= 4 is 53.3 Å². The molecule has 0 fully saturated rings. The van der Waals surface area contributed by atoms with E-state index in [-0.39, 0.29) is 5.91 Å². The maximum Gasteiger partial charge on any atom is 0.221 e. The Hall–Kier alpha value is -7.59. The first-order valence-corrected chi connectivity index (χ1v) is 21.7. The lowest BCUT2D eigenvalue weighted by Crippen LogP contribution is -2.05. The molecule has 15 nitrogen and oxygen atoms in total. The lowest BCUT2D eigenvalue weighted by molar-refractivity contribution is -0.114. The normalized spacial score (nSPS) is 9.93. The quantitative estimate of drug-likeness (QED) is 0.0277. The third-order valence-electron chi connectivity index (χ3n) is 8.69. The van der Waals surface area contributed by atoms with E-state index in [1.807, 2.05) is 123 Å². The van der Waals surface area contributed by atoms with Crippen LogP contribution in [0.4, 0.5) is 28.4 Å². The zero-order valence-electron chi connectivity index (χ0n) is 40.4. The van der Waals surface area contributed by atoms with Gasteiger partial charge in [0.05, 0.1) is 41.6 Å². The Morgan fingerprint density at radius 2 is 1.16 bits per heavy atom. The standard InChI is InChI=1S/C16H17N3O.C9H14N2O2.C9H11NO2.C9H13NO.C7H9NO.CH3B/c1-3-17-11-5-7-13-15(9-11)20-16-10-12(18-4-2)6-8-14(16)19-13;1-3-11-7-4-5-8(13-10)9(6-7)12-2;1-7(11)10-8-4-3-5-9(6-8)12-2;1-3-10-8-5-4-6-9(7-8)11-2;1-9-7-4-2-3-6(8)5-7;1-2/h5-10,17H,3-4H2,1-2H3;4-6,11H,3,10H2,1-2H3;3-6H,1-2H3,(H,10,11);4-7,10H,3H2,1-2H3;2-5H,8H2,1H3;1H3. The van der Waals surface area contributed by atoms with E-state index < -0.39 is 0 Å². The van der Waals surface area contributed by atoms with Gasteiger partial charge in [-0.1, -0.05) is 25.0 Å². The molecule has 0 atom stereocenters. The van der Waals surface area contributed by atoms with E-state index >= 15 is 0 Å². The molecule has 2 aliphatic rings. The second kappa shape index (κ2) is 32.1. The van der Waals surface area contributed by atoms with Crippen molar-refractivity contribution in [2.24, 2.45) is 10.9 Å². The van der Waals surface area contributed by atoms with Crippen molar-refractivity contribution < 1.29 is 33.0 Å². The van der Waals surface area contributed by atoms with E-state index in [9.17, 15) is 4.79 Å². The second-order valence-electron chi connectivity index (χ2n) is 13.5. The van der Waals surface area contributed by atoms with Crippen molar-refractivity contribution in [1.82, 2.24) is 4.98 Å². The van der Waals surface area contributed by atoms with E-state index in [1.165, 1.54) is 13.7 Å². The fourth-order valence-electron chi connectivity index (χ4n) is 5.77. The van der Waals surface area contributed by atoms with Gasteiger partial charge in [0.2, 0.25) is 5.91 Å². The van der Waals surface area contributed by atoms with E-state index in [0.29, 0.717) is 11.5 Å². The molecule has 5 aromatic rings. The zero-order chi connectivity index (χ0) is 49.4. The SMILES string of the molecule is CCN=c1ccc2nc3ccc(NCC)cc3oc-2c1.CCNc1ccc(ON)c(OC)c1.CCNc1cccc(OC)c1.COc1cccc(N)c1.COc1cccc(NC(C)=O)c1.[B]C. The number of anilines is 5. The molecule has 1 heterocycles. The van der Waals surface area contributed by atoms with Crippen LogP contribution in [0.1, 0.15) is 34.6 Å². The predicted molar refractivity (Wildman–Crippen MR) is 276 cm³/mol. The number of nitrogens with zero attached hydrogens (tertiary/aromatic N) is 2. The minimum Gasteiger partial charge on any atom is -0.497 e. The number of ether oxygens (including phenoxy) is 4. The molecule has 0 unspecified atom stereocenters. The number of carbonyl (C=O) groups excluding carboxylic acids is 1. The summed E-state index contributed by atoms with van der Waals surface area (Å²) in [6, 6.07) is 39.7. The Balaban J connectivity index is 0.000000293. The maximum atomic E-state index is 10.7. The highest BCUT2D eigenvalue weighted by atomic mass is 16.6. The van der Waals surface area contributed by atoms with Crippen LogP contribution in [0.2, 0.25) is 6.82 Å². The van der Waals surface area contributed by atoms with Gasteiger partial charge in [0.25, 0.3) is 0 Å². The Bertz CT molecular complexity index is 2520. The zero-order valence-corrected chi connectivity index (χ0v) is 40.4. The van der Waals surface area contributed by atoms with Gasteiger partial charge in [0, 0.05) is 97.9 Å².